The number of benzene rings is 1. The highest BCUT2D eigenvalue weighted by atomic mass is 19.1. The van der Waals surface area contributed by atoms with Crippen LogP contribution in [0, 0.1) is 18.7 Å². The third-order valence-corrected chi connectivity index (χ3v) is 3.99. The van der Waals surface area contributed by atoms with Crippen LogP contribution >= 0.6 is 0 Å². The normalized spacial score (nSPS) is 18.4. The number of nitrogens with one attached hydrogen (secondary N) is 1. The fourth-order valence-corrected chi connectivity index (χ4v) is 2.86. The van der Waals surface area contributed by atoms with Gasteiger partial charge in [0.05, 0.1) is 0 Å². The van der Waals surface area contributed by atoms with Gasteiger partial charge in [-0.2, -0.15) is 0 Å². The number of halogens is 1. The summed E-state index contributed by atoms with van der Waals surface area (Å²) in [5, 5.41) is 13.5. The first-order valence-electron chi connectivity index (χ1n) is 7.43. The first-order valence-corrected chi connectivity index (χ1v) is 7.43. The molecule has 1 atom stereocenters. The average molecular weight is 280 g/mol. The topological polar surface area (TPSA) is 35.5 Å². The third kappa shape index (κ3) is 3.30. The minimum Gasteiger partial charge on any atom is -0.505 e. The van der Waals surface area contributed by atoms with E-state index in [2.05, 4.69) is 24.1 Å². The molecule has 1 saturated heterocycles. The maximum Gasteiger partial charge on any atom is 0.168 e. The highest BCUT2D eigenvalue weighted by Crippen LogP contribution is 2.36. The van der Waals surface area contributed by atoms with E-state index in [-0.39, 0.29) is 11.8 Å². The maximum absolute atomic E-state index is 14.0. The Labute approximate surface area is 120 Å². The Kier molecular flexibility index (Phi) is 5.00. The van der Waals surface area contributed by atoms with Gasteiger partial charge in [-0.05, 0) is 24.8 Å². The molecule has 0 aliphatic carbocycles. The van der Waals surface area contributed by atoms with Crippen LogP contribution < -0.4 is 5.32 Å². The minimum absolute atomic E-state index is 0.0900. The molecule has 3 nitrogen and oxygen atoms in total. The van der Waals surface area contributed by atoms with Gasteiger partial charge in [-0.1, -0.05) is 26.0 Å². The summed E-state index contributed by atoms with van der Waals surface area (Å²) in [4.78, 5) is 2.35. The van der Waals surface area contributed by atoms with Crippen molar-refractivity contribution in [3.05, 3.63) is 29.1 Å². The number of aromatic hydroxyl groups is 1. The molecule has 0 bridgehead atoms. The van der Waals surface area contributed by atoms with E-state index in [1.54, 1.807) is 13.0 Å². The molecule has 4 heteroatoms. The summed E-state index contributed by atoms with van der Waals surface area (Å²) < 4.78 is 14.0. The second-order valence-corrected chi connectivity index (χ2v) is 6.07. The molecule has 1 aliphatic rings. The quantitative estimate of drug-likeness (QED) is 0.890. The lowest BCUT2D eigenvalue weighted by atomic mass is 9.93. The van der Waals surface area contributed by atoms with Crippen LogP contribution in [0.15, 0.2) is 12.1 Å². The summed E-state index contributed by atoms with van der Waals surface area (Å²) >= 11 is 0. The Morgan fingerprint density at radius 3 is 2.55 bits per heavy atom. The molecule has 1 aromatic carbocycles. The van der Waals surface area contributed by atoms with Gasteiger partial charge in [-0.15, -0.1) is 0 Å². The molecule has 0 saturated carbocycles. The van der Waals surface area contributed by atoms with Crippen LogP contribution in [0.25, 0.3) is 0 Å². The van der Waals surface area contributed by atoms with E-state index in [0.29, 0.717) is 11.5 Å². The molecule has 0 unspecified atom stereocenters. The number of phenolic OH excluding ortho intramolecular Hbond substituents is 1. The van der Waals surface area contributed by atoms with E-state index in [9.17, 15) is 9.50 Å². The number of phenols is 1. The summed E-state index contributed by atoms with van der Waals surface area (Å²) in [7, 11) is 0. The molecule has 0 radical (unpaired) electrons. The lowest BCUT2D eigenvalue weighted by Gasteiger charge is -2.36. The second-order valence-electron chi connectivity index (χ2n) is 6.07. The van der Waals surface area contributed by atoms with Gasteiger partial charge >= 0.3 is 0 Å². The molecule has 2 N–H and O–H groups in total. The van der Waals surface area contributed by atoms with Gasteiger partial charge in [0.1, 0.15) is 0 Å². The van der Waals surface area contributed by atoms with E-state index in [1.165, 1.54) is 0 Å². The molecule has 1 aromatic rings. The highest BCUT2D eigenvalue weighted by Gasteiger charge is 2.26. The van der Waals surface area contributed by atoms with Gasteiger partial charge in [-0.25, -0.2) is 4.39 Å². The average Bonchev–Trinajstić information content (AvgIpc) is 2.44. The number of piperazine rings is 1. The molecule has 1 aliphatic heterocycles. The SMILES string of the molecule is Cc1ccc([C@@H](CC(C)C)N2CCNCC2)c(O)c1F. The van der Waals surface area contributed by atoms with E-state index < -0.39 is 5.82 Å². The largest absolute Gasteiger partial charge is 0.505 e. The van der Waals surface area contributed by atoms with Crippen molar-refractivity contribution in [1.29, 1.82) is 0 Å². The summed E-state index contributed by atoms with van der Waals surface area (Å²) in [6.45, 7) is 9.78. The molecule has 0 aromatic heterocycles. The molecular weight excluding hydrogens is 255 g/mol. The van der Waals surface area contributed by atoms with Gasteiger partial charge in [0.15, 0.2) is 11.6 Å². The summed E-state index contributed by atoms with van der Waals surface area (Å²) in [6, 6.07) is 3.73. The predicted octanol–water partition coefficient (Wildman–Crippen LogP) is 2.83. The monoisotopic (exact) mass is 280 g/mol. The van der Waals surface area contributed by atoms with Crippen LogP contribution in [0.4, 0.5) is 4.39 Å². The molecule has 20 heavy (non-hydrogen) atoms. The predicted molar refractivity (Wildman–Crippen MR) is 79.4 cm³/mol. The molecule has 0 spiro atoms. The van der Waals surface area contributed by atoms with Crippen molar-refractivity contribution in [2.45, 2.75) is 33.2 Å². The molecule has 0 amide bonds. The van der Waals surface area contributed by atoms with E-state index in [1.807, 2.05) is 6.07 Å². The Morgan fingerprint density at radius 2 is 1.95 bits per heavy atom. The van der Waals surface area contributed by atoms with E-state index in [0.717, 1.165) is 38.2 Å². The summed E-state index contributed by atoms with van der Waals surface area (Å²) in [6.07, 6.45) is 0.927. The Hall–Kier alpha value is -1.13. The first-order chi connectivity index (χ1) is 9.50. The van der Waals surface area contributed by atoms with Crippen molar-refractivity contribution < 1.29 is 9.50 Å². The lowest BCUT2D eigenvalue weighted by molar-refractivity contribution is 0.151. The standard InChI is InChI=1S/C16H25FN2O/c1-11(2)10-14(19-8-6-18-7-9-19)13-5-4-12(3)15(17)16(13)20/h4-5,11,14,18,20H,6-10H2,1-3H3/t14-/m1/s1. The second kappa shape index (κ2) is 6.55. The van der Waals surface area contributed by atoms with Gasteiger partial charge in [0, 0.05) is 37.8 Å². The van der Waals surface area contributed by atoms with Crippen LogP contribution in [0.5, 0.6) is 5.75 Å². The van der Waals surface area contributed by atoms with Crippen LogP contribution in [0.3, 0.4) is 0 Å². The first kappa shape index (κ1) is 15.3. The van der Waals surface area contributed by atoms with Gasteiger partial charge in [0.25, 0.3) is 0 Å². The number of aryl methyl sites for hydroxylation is 1. The van der Waals surface area contributed by atoms with Crippen LogP contribution in [0.1, 0.15) is 37.4 Å². The molecule has 1 fully saturated rings. The summed E-state index contributed by atoms with van der Waals surface area (Å²) in [5.41, 5.74) is 1.22. The number of hydrogen-bond donors (Lipinski definition) is 2. The molecular formula is C16H25FN2O. The lowest BCUT2D eigenvalue weighted by Crippen LogP contribution is -2.45. The zero-order chi connectivity index (χ0) is 14.7. The molecule has 2 rings (SSSR count). The van der Waals surface area contributed by atoms with Crippen molar-refractivity contribution >= 4 is 0 Å². The van der Waals surface area contributed by atoms with Crippen LogP contribution in [0.2, 0.25) is 0 Å². The van der Waals surface area contributed by atoms with Gasteiger partial charge in [0.2, 0.25) is 0 Å². The smallest absolute Gasteiger partial charge is 0.168 e. The Morgan fingerprint density at radius 1 is 1.30 bits per heavy atom. The number of hydrogen-bond acceptors (Lipinski definition) is 3. The Bertz CT molecular complexity index is 456. The third-order valence-electron chi connectivity index (χ3n) is 3.99. The zero-order valence-corrected chi connectivity index (χ0v) is 12.6. The summed E-state index contributed by atoms with van der Waals surface area (Å²) in [5.74, 6) is -0.153. The van der Waals surface area contributed by atoms with Crippen LogP contribution in [-0.2, 0) is 0 Å². The minimum atomic E-state index is -0.480. The Balaban J connectivity index is 2.32. The van der Waals surface area contributed by atoms with Crippen molar-refractivity contribution in [2.24, 2.45) is 5.92 Å². The van der Waals surface area contributed by atoms with Crippen molar-refractivity contribution in [1.82, 2.24) is 10.2 Å². The van der Waals surface area contributed by atoms with Gasteiger partial charge in [-0.3, -0.25) is 4.90 Å². The molecule has 112 valence electrons. The van der Waals surface area contributed by atoms with E-state index >= 15 is 0 Å². The number of nitrogens with zero attached hydrogens (tertiary/aromatic N) is 1. The van der Waals surface area contributed by atoms with E-state index in [4.69, 9.17) is 0 Å². The fraction of sp³-hybridized carbons (Fsp3) is 0.625. The van der Waals surface area contributed by atoms with Crippen molar-refractivity contribution in [2.75, 3.05) is 26.2 Å². The molecule has 1 heterocycles. The van der Waals surface area contributed by atoms with Crippen LogP contribution in [-0.4, -0.2) is 36.2 Å². The zero-order valence-electron chi connectivity index (χ0n) is 12.6. The van der Waals surface area contributed by atoms with Gasteiger partial charge < -0.3 is 10.4 Å². The number of rotatable bonds is 4. The maximum atomic E-state index is 14.0. The fourth-order valence-electron chi connectivity index (χ4n) is 2.86. The van der Waals surface area contributed by atoms with Crippen molar-refractivity contribution in [3.63, 3.8) is 0 Å². The highest BCUT2D eigenvalue weighted by molar-refractivity contribution is 5.40. The van der Waals surface area contributed by atoms with Crippen molar-refractivity contribution in [3.8, 4) is 5.75 Å².